The monoisotopic (exact) mass is 678 g/mol. The number of fused-ring (bicyclic) bond motifs is 1. The lowest BCUT2D eigenvalue weighted by molar-refractivity contribution is 0.0732. The molecule has 0 aliphatic rings. The van der Waals surface area contributed by atoms with Crippen molar-refractivity contribution in [3.63, 3.8) is 0 Å². The summed E-state index contributed by atoms with van der Waals surface area (Å²) in [5.74, 6) is -1.22. The van der Waals surface area contributed by atoms with Gasteiger partial charge in [0.1, 0.15) is 4.90 Å². The van der Waals surface area contributed by atoms with Gasteiger partial charge < -0.3 is 4.74 Å². The fourth-order valence-corrected chi connectivity index (χ4v) is 6.97. The summed E-state index contributed by atoms with van der Waals surface area (Å²) in [5, 5.41) is 8.44. The summed E-state index contributed by atoms with van der Waals surface area (Å²) in [6, 6.07) is 18.4. The topological polar surface area (TPSA) is 177 Å². The van der Waals surface area contributed by atoms with Crippen LogP contribution in [0.4, 0.5) is 17.1 Å². The van der Waals surface area contributed by atoms with Crippen LogP contribution in [0.2, 0.25) is 0 Å². The molecule has 44 heavy (non-hydrogen) atoms. The molecule has 4 rings (SSSR count). The standard InChI is InChI=1S/C28H27ClN4O8S3/c1-28(2,3)33-44(39,40)24-17-23(31-30-19-13-15-20(16-14-19)43(29,37)38)25-21(11-8-12-22(25)32-42(4,35)36)26(24)41-27(34)18-9-6-5-7-10-18/h5-17,32-33H,1-4H3. The zero-order valence-corrected chi connectivity index (χ0v) is 27.0. The maximum absolute atomic E-state index is 13.7. The summed E-state index contributed by atoms with van der Waals surface area (Å²) >= 11 is 0. The smallest absolute Gasteiger partial charge is 0.343 e. The van der Waals surface area contributed by atoms with Crippen LogP contribution in [-0.4, -0.2) is 43.0 Å². The molecule has 0 aliphatic carbocycles. The highest BCUT2D eigenvalue weighted by Crippen LogP contribution is 2.44. The Labute approximate surface area is 259 Å². The van der Waals surface area contributed by atoms with Crippen LogP contribution in [0.5, 0.6) is 5.75 Å². The lowest BCUT2D eigenvalue weighted by atomic mass is 10.1. The number of carbonyl (C=O) groups excluding carboxylic acids is 1. The van der Waals surface area contributed by atoms with E-state index >= 15 is 0 Å². The van der Waals surface area contributed by atoms with Crippen molar-refractivity contribution in [3.8, 4) is 5.75 Å². The molecule has 12 nitrogen and oxygen atoms in total. The van der Waals surface area contributed by atoms with Crippen molar-refractivity contribution in [2.75, 3.05) is 11.0 Å². The van der Waals surface area contributed by atoms with Crippen LogP contribution in [0, 0.1) is 0 Å². The number of anilines is 1. The van der Waals surface area contributed by atoms with E-state index in [1.165, 1.54) is 54.6 Å². The second-order valence-corrected chi connectivity index (χ2v) is 16.5. The van der Waals surface area contributed by atoms with Crippen LogP contribution in [-0.2, 0) is 29.1 Å². The van der Waals surface area contributed by atoms with Crippen molar-refractivity contribution in [1.29, 1.82) is 0 Å². The van der Waals surface area contributed by atoms with Crippen molar-refractivity contribution < 1.29 is 34.8 Å². The van der Waals surface area contributed by atoms with E-state index in [2.05, 4.69) is 19.7 Å². The van der Waals surface area contributed by atoms with Crippen LogP contribution >= 0.6 is 10.7 Å². The normalized spacial score (nSPS) is 12.8. The molecule has 0 spiro atoms. The molecule has 2 N–H and O–H groups in total. The van der Waals surface area contributed by atoms with Crippen molar-refractivity contribution in [2.24, 2.45) is 10.2 Å². The average molecular weight is 679 g/mol. The largest absolute Gasteiger partial charge is 0.421 e. The van der Waals surface area contributed by atoms with Gasteiger partial charge in [0, 0.05) is 27.0 Å². The minimum Gasteiger partial charge on any atom is -0.421 e. The number of carbonyl (C=O) groups is 1. The Kier molecular flexibility index (Phi) is 9.19. The number of hydrogen-bond acceptors (Lipinski definition) is 10. The number of nitrogens with zero attached hydrogens (tertiary/aromatic N) is 2. The lowest BCUT2D eigenvalue weighted by Crippen LogP contribution is -2.40. The Morgan fingerprint density at radius 3 is 2.05 bits per heavy atom. The minimum absolute atomic E-state index is 0.00673. The van der Waals surface area contributed by atoms with Crippen LogP contribution in [0.15, 0.2) is 98.9 Å². The summed E-state index contributed by atoms with van der Waals surface area (Å²) < 4.78 is 85.9. The van der Waals surface area contributed by atoms with Gasteiger partial charge in [-0.3, -0.25) is 4.72 Å². The first-order valence-corrected chi connectivity index (χ1v) is 18.4. The Bertz CT molecular complexity index is 2100. The maximum Gasteiger partial charge on any atom is 0.343 e. The molecule has 0 heterocycles. The molecule has 0 aliphatic heterocycles. The minimum atomic E-state index is -4.39. The van der Waals surface area contributed by atoms with E-state index in [0.717, 1.165) is 12.3 Å². The van der Waals surface area contributed by atoms with E-state index in [-0.39, 0.29) is 44.0 Å². The highest BCUT2D eigenvalue weighted by molar-refractivity contribution is 8.13. The van der Waals surface area contributed by atoms with E-state index in [0.29, 0.717) is 0 Å². The van der Waals surface area contributed by atoms with E-state index in [1.807, 2.05) is 0 Å². The third-order valence-electron chi connectivity index (χ3n) is 5.68. The summed E-state index contributed by atoms with van der Waals surface area (Å²) in [6.07, 6.45) is 0.932. The van der Waals surface area contributed by atoms with Crippen LogP contribution in [0.1, 0.15) is 31.1 Å². The first-order chi connectivity index (χ1) is 20.3. The molecule has 0 atom stereocenters. The number of ether oxygens (including phenoxy) is 1. The second kappa shape index (κ2) is 12.2. The van der Waals surface area contributed by atoms with E-state index in [4.69, 9.17) is 15.4 Å². The van der Waals surface area contributed by atoms with Gasteiger partial charge in [-0.2, -0.15) is 5.11 Å². The van der Waals surface area contributed by atoms with Gasteiger partial charge >= 0.3 is 5.97 Å². The van der Waals surface area contributed by atoms with Gasteiger partial charge in [0.25, 0.3) is 9.05 Å². The molecule has 4 aromatic rings. The van der Waals surface area contributed by atoms with Gasteiger partial charge in [-0.15, -0.1) is 5.11 Å². The Balaban J connectivity index is 2.02. The number of sulfonamides is 2. The molecule has 16 heteroatoms. The molecule has 0 saturated carbocycles. The van der Waals surface area contributed by atoms with Crippen molar-refractivity contribution >= 4 is 73.6 Å². The summed E-state index contributed by atoms with van der Waals surface area (Å²) in [6.45, 7) is 4.88. The van der Waals surface area contributed by atoms with Gasteiger partial charge in [-0.1, -0.05) is 30.3 Å². The number of esters is 1. The van der Waals surface area contributed by atoms with E-state index in [1.54, 1.807) is 39.0 Å². The zero-order valence-electron chi connectivity index (χ0n) is 23.8. The molecule has 0 bridgehead atoms. The third kappa shape index (κ3) is 8.18. The maximum atomic E-state index is 13.7. The van der Waals surface area contributed by atoms with Crippen LogP contribution in [0.3, 0.4) is 0 Å². The summed E-state index contributed by atoms with van der Waals surface area (Å²) in [4.78, 5) is 12.6. The van der Waals surface area contributed by atoms with Gasteiger partial charge in [-0.25, -0.2) is 34.8 Å². The quantitative estimate of drug-likeness (QED) is 0.0958. The fourth-order valence-electron chi connectivity index (χ4n) is 4.05. The second-order valence-electron chi connectivity index (χ2n) is 10.6. The first-order valence-electron chi connectivity index (χ1n) is 12.7. The summed E-state index contributed by atoms with van der Waals surface area (Å²) in [5.41, 5.74) is -0.723. The Hall–Kier alpha value is -3.89. The number of halogens is 1. The molecular formula is C28H27ClN4O8S3. The van der Waals surface area contributed by atoms with Crippen molar-refractivity contribution in [3.05, 3.63) is 84.4 Å². The molecule has 0 radical (unpaired) electrons. The SMILES string of the molecule is CC(C)(C)NS(=O)(=O)c1cc(N=Nc2ccc(S(=O)(=O)Cl)cc2)c2c(NS(C)(=O)=O)cccc2c1OC(=O)c1ccccc1. The predicted octanol–water partition coefficient (Wildman–Crippen LogP) is 5.85. The first kappa shape index (κ1) is 33.0. The van der Waals surface area contributed by atoms with Crippen molar-refractivity contribution in [2.45, 2.75) is 36.1 Å². The molecule has 0 aromatic heterocycles. The fraction of sp³-hybridized carbons (Fsp3) is 0.179. The molecule has 232 valence electrons. The van der Waals surface area contributed by atoms with E-state index in [9.17, 15) is 30.0 Å². The Morgan fingerprint density at radius 2 is 1.48 bits per heavy atom. The molecule has 0 amide bonds. The molecule has 0 unspecified atom stereocenters. The van der Waals surface area contributed by atoms with Gasteiger partial charge in [0.05, 0.1) is 33.8 Å². The summed E-state index contributed by atoms with van der Waals surface area (Å²) in [7, 11) is -6.85. The Morgan fingerprint density at radius 1 is 0.841 bits per heavy atom. The molecule has 4 aromatic carbocycles. The molecule has 0 fully saturated rings. The predicted molar refractivity (Wildman–Crippen MR) is 168 cm³/mol. The number of hydrogen-bond donors (Lipinski definition) is 2. The number of azo groups is 1. The molecule has 0 saturated heterocycles. The highest BCUT2D eigenvalue weighted by Gasteiger charge is 2.30. The number of nitrogens with one attached hydrogen (secondary N) is 2. The van der Waals surface area contributed by atoms with Gasteiger partial charge in [0.2, 0.25) is 20.0 Å². The lowest BCUT2D eigenvalue weighted by Gasteiger charge is -2.23. The number of rotatable bonds is 9. The van der Waals surface area contributed by atoms with Gasteiger partial charge in [0.15, 0.2) is 5.75 Å². The van der Waals surface area contributed by atoms with Crippen molar-refractivity contribution in [1.82, 2.24) is 4.72 Å². The zero-order chi connectivity index (χ0) is 32.5. The third-order valence-corrected chi connectivity index (χ3v) is 9.40. The average Bonchev–Trinajstić information content (AvgIpc) is 2.90. The van der Waals surface area contributed by atoms with Crippen LogP contribution < -0.4 is 14.2 Å². The van der Waals surface area contributed by atoms with Gasteiger partial charge in [-0.05, 0) is 69.3 Å². The van der Waals surface area contributed by atoms with E-state index < -0.39 is 45.5 Å². The van der Waals surface area contributed by atoms with Crippen LogP contribution in [0.25, 0.3) is 10.8 Å². The molecular weight excluding hydrogens is 652 g/mol. The number of benzene rings is 4. The highest BCUT2D eigenvalue weighted by atomic mass is 35.7.